The molecule has 0 unspecified atom stereocenters. The Labute approximate surface area is 119 Å². The Balaban J connectivity index is 0.00000154. The first kappa shape index (κ1) is 17.0. The minimum atomic E-state index is -0.312. The second kappa shape index (κ2) is 9.97. The maximum absolute atomic E-state index is 11.5. The highest BCUT2D eigenvalue weighted by Crippen LogP contribution is 2.04. The molecule has 0 saturated heterocycles. The molecule has 2 amide bonds. The van der Waals surface area contributed by atoms with Crippen molar-refractivity contribution in [3.05, 3.63) is 66.9 Å². The van der Waals surface area contributed by atoms with E-state index < -0.39 is 0 Å². The second-order valence-electron chi connectivity index (χ2n) is 3.65. The standard InChI is InChI=1S/C14H16N2O.CH3Cl/c1-11(2)9-10-12(3)15-14(17)16-13-7-5-4-6-8-13;1-2/h4-10H,1,3H2,2H3,(H2,15,16,17);1H3/b10-9-;. The van der Waals surface area contributed by atoms with Gasteiger partial charge < -0.3 is 10.6 Å². The number of halogens is 1. The van der Waals surface area contributed by atoms with E-state index in [9.17, 15) is 4.79 Å². The third-order valence-electron chi connectivity index (χ3n) is 1.87. The van der Waals surface area contributed by atoms with Gasteiger partial charge in [0, 0.05) is 17.8 Å². The summed E-state index contributed by atoms with van der Waals surface area (Å²) in [6.45, 7) is 9.29. The van der Waals surface area contributed by atoms with Crippen LogP contribution in [0.3, 0.4) is 0 Å². The van der Waals surface area contributed by atoms with Crippen LogP contribution in [-0.2, 0) is 0 Å². The van der Waals surface area contributed by atoms with Crippen LogP contribution in [0.5, 0.6) is 0 Å². The Hall–Kier alpha value is -2.00. The maximum Gasteiger partial charge on any atom is 0.323 e. The normalized spacial score (nSPS) is 9.21. The second-order valence-corrected chi connectivity index (χ2v) is 3.65. The van der Waals surface area contributed by atoms with Crippen LogP contribution in [0.15, 0.2) is 66.9 Å². The highest BCUT2D eigenvalue weighted by Gasteiger charge is 2.00. The molecule has 0 aliphatic heterocycles. The molecule has 3 nitrogen and oxygen atoms in total. The molecule has 0 aromatic heterocycles. The smallest absolute Gasteiger partial charge is 0.308 e. The fourth-order valence-electron chi connectivity index (χ4n) is 1.11. The number of urea groups is 1. The van der Waals surface area contributed by atoms with E-state index in [2.05, 4.69) is 35.4 Å². The van der Waals surface area contributed by atoms with Gasteiger partial charge in [-0.1, -0.05) is 43.0 Å². The number of alkyl halides is 1. The summed E-state index contributed by atoms with van der Waals surface area (Å²) < 4.78 is 0. The monoisotopic (exact) mass is 278 g/mol. The Morgan fingerprint density at radius 2 is 1.74 bits per heavy atom. The average Bonchev–Trinajstić information content (AvgIpc) is 2.39. The molecule has 1 aromatic rings. The largest absolute Gasteiger partial charge is 0.323 e. The number of carbonyl (C=O) groups is 1. The molecule has 102 valence electrons. The average molecular weight is 279 g/mol. The number of para-hydroxylation sites is 1. The van der Waals surface area contributed by atoms with E-state index in [1.54, 1.807) is 12.2 Å². The van der Waals surface area contributed by atoms with Crippen molar-refractivity contribution in [2.45, 2.75) is 6.92 Å². The van der Waals surface area contributed by atoms with Crippen molar-refractivity contribution in [3.63, 3.8) is 0 Å². The van der Waals surface area contributed by atoms with Crippen molar-refractivity contribution in [2.24, 2.45) is 0 Å². The Kier molecular flexibility index (Phi) is 8.92. The Morgan fingerprint density at radius 3 is 2.26 bits per heavy atom. The van der Waals surface area contributed by atoms with E-state index in [0.29, 0.717) is 5.70 Å². The SMILES string of the molecule is C=C(C)/C=C\C(=C)NC(=O)Nc1ccccc1.CCl. The van der Waals surface area contributed by atoms with E-state index >= 15 is 0 Å². The van der Waals surface area contributed by atoms with E-state index in [1.165, 1.54) is 6.38 Å². The first-order valence-electron chi connectivity index (χ1n) is 5.61. The van der Waals surface area contributed by atoms with Crippen LogP contribution < -0.4 is 10.6 Å². The van der Waals surface area contributed by atoms with Gasteiger partial charge in [0.2, 0.25) is 0 Å². The van der Waals surface area contributed by atoms with Gasteiger partial charge >= 0.3 is 6.03 Å². The molecule has 0 aliphatic carbocycles. The van der Waals surface area contributed by atoms with Gasteiger partial charge in [0.15, 0.2) is 0 Å². The zero-order valence-corrected chi connectivity index (χ0v) is 12.0. The lowest BCUT2D eigenvalue weighted by molar-refractivity contribution is 0.254. The van der Waals surface area contributed by atoms with Crippen molar-refractivity contribution in [1.29, 1.82) is 0 Å². The van der Waals surface area contributed by atoms with Crippen LogP contribution in [-0.4, -0.2) is 12.4 Å². The molecule has 0 aliphatic rings. The summed E-state index contributed by atoms with van der Waals surface area (Å²) in [5, 5.41) is 5.30. The van der Waals surface area contributed by atoms with Crippen LogP contribution in [0.25, 0.3) is 0 Å². The predicted molar refractivity (Wildman–Crippen MR) is 83.5 cm³/mol. The van der Waals surface area contributed by atoms with Crippen LogP contribution >= 0.6 is 11.6 Å². The summed E-state index contributed by atoms with van der Waals surface area (Å²) in [7, 11) is 0. The van der Waals surface area contributed by atoms with Crippen LogP contribution in [0.2, 0.25) is 0 Å². The molecule has 1 aromatic carbocycles. The summed E-state index contributed by atoms with van der Waals surface area (Å²) in [5.41, 5.74) is 2.15. The molecule has 2 N–H and O–H groups in total. The molecular formula is C15H19ClN2O. The van der Waals surface area contributed by atoms with Gasteiger partial charge in [-0.2, -0.15) is 0 Å². The maximum atomic E-state index is 11.5. The van der Waals surface area contributed by atoms with Crippen molar-refractivity contribution in [2.75, 3.05) is 11.7 Å². The van der Waals surface area contributed by atoms with Gasteiger partial charge in [0.25, 0.3) is 0 Å². The molecular weight excluding hydrogens is 260 g/mol. The van der Waals surface area contributed by atoms with Gasteiger partial charge in [0.05, 0.1) is 0 Å². The fraction of sp³-hybridized carbons (Fsp3) is 0.133. The summed E-state index contributed by atoms with van der Waals surface area (Å²) in [6, 6.07) is 8.90. The van der Waals surface area contributed by atoms with Gasteiger partial charge in [-0.05, 0) is 25.1 Å². The Bertz CT molecular complexity index is 452. The van der Waals surface area contributed by atoms with Gasteiger partial charge in [-0.25, -0.2) is 4.79 Å². The summed E-state index contributed by atoms with van der Waals surface area (Å²) in [6.07, 6.45) is 4.96. The number of nitrogens with one attached hydrogen (secondary N) is 2. The van der Waals surface area contributed by atoms with Crippen molar-refractivity contribution >= 4 is 23.3 Å². The lowest BCUT2D eigenvalue weighted by Crippen LogP contribution is -2.26. The van der Waals surface area contributed by atoms with Crippen LogP contribution in [0, 0.1) is 0 Å². The third kappa shape index (κ3) is 8.69. The molecule has 0 saturated carbocycles. The number of hydrogen-bond donors (Lipinski definition) is 2. The minimum Gasteiger partial charge on any atom is -0.308 e. The third-order valence-corrected chi connectivity index (χ3v) is 1.87. The molecule has 0 bridgehead atoms. The number of amides is 2. The van der Waals surface area contributed by atoms with Crippen LogP contribution in [0.4, 0.5) is 10.5 Å². The number of hydrogen-bond acceptors (Lipinski definition) is 1. The van der Waals surface area contributed by atoms with E-state index in [0.717, 1.165) is 11.3 Å². The summed E-state index contributed by atoms with van der Waals surface area (Å²) in [5.74, 6) is 0. The lowest BCUT2D eigenvalue weighted by Gasteiger charge is -2.06. The first-order chi connectivity index (χ1) is 9.08. The van der Waals surface area contributed by atoms with E-state index in [-0.39, 0.29) is 6.03 Å². The van der Waals surface area contributed by atoms with Crippen molar-refractivity contribution in [1.82, 2.24) is 5.32 Å². The lowest BCUT2D eigenvalue weighted by atomic mass is 10.3. The van der Waals surface area contributed by atoms with Crippen molar-refractivity contribution < 1.29 is 4.79 Å². The number of anilines is 1. The zero-order chi connectivity index (χ0) is 14.7. The molecule has 0 spiro atoms. The zero-order valence-electron chi connectivity index (χ0n) is 11.2. The quantitative estimate of drug-likeness (QED) is 0.625. The predicted octanol–water partition coefficient (Wildman–Crippen LogP) is 4.31. The fourth-order valence-corrected chi connectivity index (χ4v) is 1.11. The summed E-state index contributed by atoms with van der Waals surface area (Å²) in [4.78, 5) is 11.5. The number of rotatable bonds is 4. The van der Waals surface area contributed by atoms with Gasteiger partial charge in [-0.3, -0.25) is 0 Å². The molecule has 19 heavy (non-hydrogen) atoms. The molecule has 0 atom stereocenters. The molecule has 1 rings (SSSR count). The van der Waals surface area contributed by atoms with Gasteiger partial charge in [-0.15, -0.1) is 11.6 Å². The van der Waals surface area contributed by atoms with E-state index in [4.69, 9.17) is 0 Å². The number of benzene rings is 1. The molecule has 0 fully saturated rings. The molecule has 0 radical (unpaired) electrons. The molecule has 4 heteroatoms. The highest BCUT2D eigenvalue weighted by atomic mass is 35.5. The van der Waals surface area contributed by atoms with Crippen molar-refractivity contribution in [3.8, 4) is 0 Å². The first-order valence-corrected chi connectivity index (χ1v) is 6.37. The number of allylic oxidation sites excluding steroid dienone is 3. The Morgan fingerprint density at radius 1 is 1.16 bits per heavy atom. The van der Waals surface area contributed by atoms with Crippen LogP contribution in [0.1, 0.15) is 6.92 Å². The minimum absolute atomic E-state index is 0.312. The van der Waals surface area contributed by atoms with Gasteiger partial charge in [0.1, 0.15) is 0 Å². The topological polar surface area (TPSA) is 41.1 Å². The highest BCUT2D eigenvalue weighted by molar-refractivity contribution is 6.15. The number of carbonyl (C=O) groups excluding carboxylic acids is 1. The van der Waals surface area contributed by atoms with E-state index in [1.807, 2.05) is 37.3 Å². The molecule has 0 heterocycles. The summed E-state index contributed by atoms with van der Waals surface area (Å²) >= 11 is 4.64.